The molecule has 4 rings (SSSR count). The molecule has 1 amide bonds. The smallest absolute Gasteiger partial charge is 0.305 e. The van der Waals surface area contributed by atoms with Crippen LogP contribution in [0, 0.1) is 11.3 Å². The van der Waals surface area contributed by atoms with Gasteiger partial charge in [-0.05, 0) is 66.8 Å². The highest BCUT2D eigenvalue weighted by Crippen LogP contribution is 2.40. The average molecular weight is 491 g/mol. The van der Waals surface area contributed by atoms with E-state index in [0.29, 0.717) is 23.6 Å². The van der Waals surface area contributed by atoms with Crippen molar-refractivity contribution in [1.82, 2.24) is 14.9 Å². The van der Waals surface area contributed by atoms with Crippen LogP contribution in [0.2, 0.25) is 0 Å². The van der Waals surface area contributed by atoms with Crippen molar-refractivity contribution in [3.63, 3.8) is 0 Å². The number of aromatic nitrogens is 2. The normalized spacial score (nSPS) is 18.2. The Morgan fingerprint density at radius 3 is 2.33 bits per heavy atom. The lowest BCUT2D eigenvalue weighted by Gasteiger charge is -2.41. The molecule has 192 valence electrons. The second-order valence-corrected chi connectivity index (χ2v) is 11.1. The number of carboxylic acids is 1. The number of amides is 1. The molecule has 0 saturated heterocycles. The van der Waals surface area contributed by atoms with E-state index in [1.807, 2.05) is 36.4 Å². The summed E-state index contributed by atoms with van der Waals surface area (Å²) in [6.07, 6.45) is 4.60. The van der Waals surface area contributed by atoms with Crippen molar-refractivity contribution in [2.24, 2.45) is 18.4 Å². The topological polar surface area (TPSA) is 87.5 Å². The highest BCUT2D eigenvalue weighted by atomic mass is 16.4. The van der Waals surface area contributed by atoms with E-state index in [1.165, 1.54) is 12.8 Å². The van der Waals surface area contributed by atoms with Gasteiger partial charge in [-0.1, -0.05) is 45.0 Å². The summed E-state index contributed by atoms with van der Waals surface area (Å²) in [4.78, 5) is 30.5. The number of rotatable bonds is 8. The molecule has 1 fully saturated rings. The zero-order valence-electron chi connectivity index (χ0n) is 21.8. The molecule has 0 aliphatic heterocycles. The van der Waals surface area contributed by atoms with Crippen LogP contribution in [0.5, 0.6) is 0 Å². The number of fused-ring (bicyclic) bond motifs is 1. The van der Waals surface area contributed by atoms with E-state index in [0.717, 1.165) is 41.3 Å². The Balaban J connectivity index is 1.55. The first-order valence-electron chi connectivity index (χ1n) is 12.9. The number of aliphatic carboxylic acids is 1. The SMILES string of the molecule is Cn1c(N(Cc2ccc(C(=O)NCCC(=O)O)cc2)C2CCC(C(C)(C)C)CC2)nc2ccccc21. The van der Waals surface area contributed by atoms with Gasteiger partial charge in [-0.3, -0.25) is 9.59 Å². The molecule has 0 bridgehead atoms. The first-order chi connectivity index (χ1) is 17.1. The van der Waals surface area contributed by atoms with E-state index in [4.69, 9.17) is 10.1 Å². The largest absolute Gasteiger partial charge is 0.481 e. The second-order valence-electron chi connectivity index (χ2n) is 11.1. The van der Waals surface area contributed by atoms with Gasteiger partial charge in [0.15, 0.2) is 0 Å². The number of para-hydroxylation sites is 2. The van der Waals surface area contributed by atoms with Gasteiger partial charge in [-0.2, -0.15) is 0 Å². The number of hydrogen-bond donors (Lipinski definition) is 2. The molecule has 7 heteroatoms. The lowest BCUT2D eigenvalue weighted by molar-refractivity contribution is -0.136. The number of carbonyl (C=O) groups excluding carboxylic acids is 1. The number of carbonyl (C=O) groups is 2. The molecule has 1 aliphatic rings. The molecule has 1 heterocycles. The first kappa shape index (κ1) is 25.7. The van der Waals surface area contributed by atoms with Crippen LogP contribution in [0.4, 0.5) is 5.95 Å². The van der Waals surface area contributed by atoms with Crippen LogP contribution >= 0.6 is 0 Å². The zero-order valence-corrected chi connectivity index (χ0v) is 21.8. The molecule has 0 unspecified atom stereocenters. The average Bonchev–Trinajstić information content (AvgIpc) is 3.18. The predicted octanol–water partition coefficient (Wildman–Crippen LogP) is 5.39. The number of aryl methyl sites for hydroxylation is 1. The Kier molecular flexibility index (Phi) is 7.67. The lowest BCUT2D eigenvalue weighted by Crippen LogP contribution is -2.41. The summed E-state index contributed by atoms with van der Waals surface area (Å²) in [6, 6.07) is 16.3. The minimum atomic E-state index is -0.927. The predicted molar refractivity (Wildman–Crippen MR) is 143 cm³/mol. The van der Waals surface area contributed by atoms with E-state index in [-0.39, 0.29) is 18.9 Å². The Morgan fingerprint density at radius 2 is 1.72 bits per heavy atom. The fourth-order valence-electron chi connectivity index (χ4n) is 5.35. The van der Waals surface area contributed by atoms with Gasteiger partial charge in [0, 0.05) is 31.7 Å². The molecule has 1 aliphatic carbocycles. The molecule has 7 nitrogen and oxygen atoms in total. The summed E-state index contributed by atoms with van der Waals surface area (Å²) in [5.41, 5.74) is 4.09. The first-order valence-corrected chi connectivity index (χ1v) is 12.9. The molecule has 0 spiro atoms. The van der Waals surface area contributed by atoms with Crippen LogP contribution in [-0.2, 0) is 18.4 Å². The quantitative estimate of drug-likeness (QED) is 0.442. The second kappa shape index (κ2) is 10.7. The summed E-state index contributed by atoms with van der Waals surface area (Å²) in [7, 11) is 2.09. The fraction of sp³-hybridized carbons (Fsp3) is 0.483. The summed E-state index contributed by atoms with van der Waals surface area (Å²) < 4.78 is 2.19. The Morgan fingerprint density at radius 1 is 1.06 bits per heavy atom. The number of nitrogens with one attached hydrogen (secondary N) is 1. The van der Waals surface area contributed by atoms with Gasteiger partial charge in [0.25, 0.3) is 5.91 Å². The van der Waals surface area contributed by atoms with Gasteiger partial charge in [-0.15, -0.1) is 0 Å². The van der Waals surface area contributed by atoms with Crippen molar-refractivity contribution in [3.8, 4) is 0 Å². The van der Waals surface area contributed by atoms with E-state index in [9.17, 15) is 9.59 Å². The highest BCUT2D eigenvalue weighted by Gasteiger charge is 2.33. The maximum atomic E-state index is 12.4. The van der Waals surface area contributed by atoms with Gasteiger partial charge in [-0.25, -0.2) is 4.98 Å². The van der Waals surface area contributed by atoms with Crippen molar-refractivity contribution in [1.29, 1.82) is 0 Å². The molecule has 0 atom stereocenters. The number of hydrogen-bond acceptors (Lipinski definition) is 4. The van der Waals surface area contributed by atoms with Gasteiger partial charge in [0.05, 0.1) is 17.5 Å². The van der Waals surface area contributed by atoms with Crippen molar-refractivity contribution < 1.29 is 14.7 Å². The number of carboxylic acid groups (broad SMARTS) is 1. The fourth-order valence-corrected chi connectivity index (χ4v) is 5.35. The monoisotopic (exact) mass is 490 g/mol. The summed E-state index contributed by atoms with van der Waals surface area (Å²) >= 11 is 0. The zero-order chi connectivity index (χ0) is 25.9. The molecule has 0 radical (unpaired) electrons. The van der Waals surface area contributed by atoms with Crippen molar-refractivity contribution in [2.75, 3.05) is 11.4 Å². The third kappa shape index (κ3) is 5.89. The van der Waals surface area contributed by atoms with Gasteiger partial charge in [0.2, 0.25) is 5.95 Å². The minimum absolute atomic E-state index is 0.0890. The summed E-state index contributed by atoms with van der Waals surface area (Å²) in [5, 5.41) is 11.4. The maximum absolute atomic E-state index is 12.4. The van der Waals surface area contributed by atoms with E-state index < -0.39 is 5.97 Å². The van der Waals surface area contributed by atoms with Gasteiger partial charge >= 0.3 is 5.97 Å². The number of anilines is 1. The van der Waals surface area contributed by atoms with Crippen LogP contribution < -0.4 is 10.2 Å². The van der Waals surface area contributed by atoms with Crippen LogP contribution in [0.3, 0.4) is 0 Å². The van der Waals surface area contributed by atoms with Gasteiger partial charge in [0.1, 0.15) is 0 Å². The van der Waals surface area contributed by atoms with Crippen LogP contribution in [0.1, 0.15) is 68.8 Å². The summed E-state index contributed by atoms with van der Waals surface area (Å²) in [5.74, 6) is 0.528. The number of imidazole rings is 1. The van der Waals surface area contributed by atoms with E-state index in [1.54, 1.807) is 0 Å². The third-order valence-corrected chi connectivity index (χ3v) is 7.58. The van der Waals surface area contributed by atoms with Crippen LogP contribution in [0.25, 0.3) is 11.0 Å². The lowest BCUT2D eigenvalue weighted by atomic mass is 9.71. The van der Waals surface area contributed by atoms with Crippen molar-refractivity contribution in [2.45, 2.75) is 65.5 Å². The molecule has 36 heavy (non-hydrogen) atoms. The standard InChI is InChI=1S/C29H38N4O3/c1-29(2,3)22-13-15-23(16-14-22)33(28-31-24-7-5-6-8-25(24)32(28)4)19-20-9-11-21(12-10-20)27(36)30-18-17-26(34)35/h5-12,22-23H,13-19H2,1-4H3,(H,30,36)(H,34,35). The molecule has 1 aromatic heterocycles. The minimum Gasteiger partial charge on any atom is -0.481 e. The highest BCUT2D eigenvalue weighted by molar-refractivity contribution is 5.94. The van der Waals surface area contributed by atoms with Crippen molar-refractivity contribution in [3.05, 3.63) is 59.7 Å². The summed E-state index contributed by atoms with van der Waals surface area (Å²) in [6.45, 7) is 7.87. The van der Waals surface area contributed by atoms with E-state index >= 15 is 0 Å². The van der Waals surface area contributed by atoms with Crippen LogP contribution in [-0.4, -0.2) is 39.1 Å². The maximum Gasteiger partial charge on any atom is 0.305 e. The Hall–Kier alpha value is -3.35. The Labute approximate surface area is 213 Å². The van der Waals surface area contributed by atoms with Gasteiger partial charge < -0.3 is 19.9 Å². The molecule has 3 aromatic rings. The Bertz CT molecular complexity index is 1200. The van der Waals surface area contributed by atoms with E-state index in [2.05, 4.69) is 54.7 Å². The number of benzene rings is 2. The molecule has 1 saturated carbocycles. The molecular weight excluding hydrogens is 452 g/mol. The molecule has 2 aromatic carbocycles. The van der Waals surface area contributed by atoms with Crippen molar-refractivity contribution >= 4 is 28.9 Å². The number of nitrogens with zero attached hydrogens (tertiary/aromatic N) is 3. The van der Waals surface area contributed by atoms with Crippen LogP contribution in [0.15, 0.2) is 48.5 Å². The molecular formula is C29H38N4O3. The third-order valence-electron chi connectivity index (χ3n) is 7.58. The molecule has 2 N–H and O–H groups in total.